The molecule has 3 atom stereocenters. The third-order valence-corrected chi connectivity index (χ3v) is 5.24. The van der Waals surface area contributed by atoms with Gasteiger partial charge in [-0.3, -0.25) is 4.90 Å². The number of hydrogen-bond acceptors (Lipinski definition) is 5. The van der Waals surface area contributed by atoms with Gasteiger partial charge in [0.1, 0.15) is 36.1 Å². The van der Waals surface area contributed by atoms with Crippen molar-refractivity contribution in [3.63, 3.8) is 0 Å². The molecule has 4 rings (SSSR count). The van der Waals surface area contributed by atoms with E-state index < -0.39 is 30.2 Å². The van der Waals surface area contributed by atoms with E-state index >= 15 is 0 Å². The van der Waals surface area contributed by atoms with E-state index in [2.05, 4.69) is 0 Å². The van der Waals surface area contributed by atoms with Crippen LogP contribution in [0.4, 0.5) is 14.9 Å². The number of benzene rings is 3. The lowest BCUT2D eigenvalue weighted by Crippen LogP contribution is -2.38. The number of aliphatic hydroxyl groups is 1. The number of hydrogen-bond donors (Lipinski definition) is 2. The fourth-order valence-corrected chi connectivity index (χ4v) is 3.65. The normalized spacial score (nSPS) is 19.2. The fourth-order valence-electron chi connectivity index (χ4n) is 3.65. The molecular weight excluding hydrogens is 401 g/mol. The summed E-state index contributed by atoms with van der Waals surface area (Å²) in [4.78, 5) is 14.1. The number of aliphatic hydroxyl groups excluding tert-OH is 1. The first-order chi connectivity index (χ1) is 14.9. The van der Waals surface area contributed by atoms with Crippen LogP contribution in [0.25, 0.3) is 0 Å². The lowest BCUT2D eigenvalue weighted by atomic mass is 9.96. The number of cyclic esters (lactones) is 1. The summed E-state index contributed by atoms with van der Waals surface area (Å²) in [5.74, 6) is 0.269. The molecule has 160 valence electrons. The van der Waals surface area contributed by atoms with E-state index in [4.69, 9.17) is 9.47 Å². The van der Waals surface area contributed by atoms with Crippen molar-refractivity contribution in [1.29, 1.82) is 0 Å². The average molecular weight is 423 g/mol. The number of ether oxygens (including phenoxy) is 2. The molecule has 0 saturated carbocycles. The van der Waals surface area contributed by atoms with Crippen LogP contribution < -0.4 is 9.64 Å². The molecule has 2 unspecified atom stereocenters. The molecular formula is C24H22FNO5. The Hall–Kier alpha value is -3.58. The van der Waals surface area contributed by atoms with E-state index in [1.54, 1.807) is 18.2 Å². The van der Waals surface area contributed by atoms with E-state index in [-0.39, 0.29) is 12.4 Å². The zero-order valence-electron chi connectivity index (χ0n) is 16.8. The van der Waals surface area contributed by atoms with Gasteiger partial charge in [0.05, 0.1) is 0 Å². The Morgan fingerprint density at radius 1 is 1.06 bits per heavy atom. The summed E-state index contributed by atoms with van der Waals surface area (Å²) >= 11 is 0. The maximum absolute atomic E-state index is 13.4. The van der Waals surface area contributed by atoms with Crippen molar-refractivity contribution >= 4 is 11.8 Å². The molecule has 1 fully saturated rings. The number of halogens is 1. The summed E-state index contributed by atoms with van der Waals surface area (Å²) in [5.41, 5.74) is 1.99. The second-order valence-electron chi connectivity index (χ2n) is 7.38. The first kappa shape index (κ1) is 20.7. The zero-order valence-corrected chi connectivity index (χ0v) is 16.8. The quantitative estimate of drug-likeness (QED) is 0.616. The number of nitrogens with zero attached hydrogens (tertiary/aromatic N) is 1. The maximum atomic E-state index is 13.4. The van der Waals surface area contributed by atoms with E-state index in [1.807, 2.05) is 25.1 Å². The molecule has 1 heterocycles. The minimum atomic E-state index is -1.13. The monoisotopic (exact) mass is 423 g/mol. The van der Waals surface area contributed by atoms with Crippen molar-refractivity contribution in [3.05, 3.63) is 89.7 Å². The molecule has 0 aliphatic carbocycles. The second kappa shape index (κ2) is 8.65. The van der Waals surface area contributed by atoms with Crippen LogP contribution in [0.5, 0.6) is 11.5 Å². The lowest BCUT2D eigenvalue weighted by molar-refractivity contribution is -0.00658. The predicted octanol–water partition coefficient (Wildman–Crippen LogP) is 4.35. The minimum Gasteiger partial charge on any atom is -0.508 e. The molecule has 3 aromatic carbocycles. The highest BCUT2D eigenvalue weighted by Gasteiger charge is 2.47. The van der Waals surface area contributed by atoms with Crippen LogP contribution in [0, 0.1) is 12.7 Å². The van der Waals surface area contributed by atoms with Crippen molar-refractivity contribution < 1.29 is 28.9 Å². The Morgan fingerprint density at radius 2 is 1.74 bits per heavy atom. The number of anilines is 1. The van der Waals surface area contributed by atoms with Gasteiger partial charge in [0.15, 0.2) is 6.10 Å². The molecule has 1 aliphatic rings. The molecule has 0 radical (unpaired) electrons. The first-order valence-electron chi connectivity index (χ1n) is 9.85. The molecule has 0 spiro atoms. The summed E-state index contributed by atoms with van der Waals surface area (Å²) in [5, 5.41) is 20.5. The Labute approximate surface area is 179 Å². The van der Waals surface area contributed by atoms with Crippen LogP contribution in [0.1, 0.15) is 17.2 Å². The third-order valence-electron chi connectivity index (χ3n) is 5.24. The van der Waals surface area contributed by atoms with Crippen LogP contribution >= 0.6 is 0 Å². The topological polar surface area (TPSA) is 79.2 Å². The molecule has 0 bridgehead atoms. The minimum absolute atomic E-state index is 0.0716. The fraction of sp³-hybridized carbons (Fsp3) is 0.208. The van der Waals surface area contributed by atoms with Gasteiger partial charge < -0.3 is 19.7 Å². The number of para-hydroxylation sites is 1. The number of phenols is 1. The van der Waals surface area contributed by atoms with E-state index in [1.165, 1.54) is 41.3 Å². The molecule has 1 amide bonds. The third kappa shape index (κ3) is 4.32. The van der Waals surface area contributed by atoms with Gasteiger partial charge in [0.25, 0.3) is 0 Å². The average Bonchev–Trinajstić information content (AvgIpc) is 3.11. The number of amides is 1. The van der Waals surface area contributed by atoms with Crippen molar-refractivity contribution in [2.75, 3.05) is 11.5 Å². The van der Waals surface area contributed by atoms with Gasteiger partial charge in [-0.15, -0.1) is 0 Å². The summed E-state index contributed by atoms with van der Waals surface area (Å²) in [6.45, 7) is 1.81. The summed E-state index contributed by atoms with van der Waals surface area (Å²) in [7, 11) is 0. The van der Waals surface area contributed by atoms with E-state index in [0.29, 0.717) is 17.0 Å². The molecule has 0 aromatic heterocycles. The predicted molar refractivity (Wildman–Crippen MR) is 113 cm³/mol. The van der Waals surface area contributed by atoms with Gasteiger partial charge in [-0.25, -0.2) is 9.18 Å². The summed E-state index contributed by atoms with van der Waals surface area (Å²) in [6.07, 6.45) is -2.73. The maximum Gasteiger partial charge on any atom is 0.415 e. The molecule has 1 aliphatic heterocycles. The number of carbonyl (C=O) groups excluding carboxylic acids is 1. The number of aryl methyl sites for hydroxylation is 1. The van der Waals surface area contributed by atoms with Gasteiger partial charge in [-0.1, -0.05) is 30.3 Å². The highest BCUT2D eigenvalue weighted by atomic mass is 19.1. The Morgan fingerprint density at radius 3 is 2.42 bits per heavy atom. The Kier molecular flexibility index (Phi) is 5.77. The molecule has 31 heavy (non-hydrogen) atoms. The lowest BCUT2D eigenvalue weighted by Gasteiger charge is -2.27. The number of aromatic hydroxyl groups is 1. The molecule has 6 nitrogen and oxygen atoms in total. The van der Waals surface area contributed by atoms with Gasteiger partial charge in [-0.05, 0) is 60.5 Å². The number of rotatable bonds is 6. The molecule has 2 N–H and O–H groups in total. The zero-order chi connectivity index (χ0) is 22.0. The molecule has 3 aromatic rings. The van der Waals surface area contributed by atoms with Gasteiger partial charge >= 0.3 is 6.09 Å². The highest BCUT2D eigenvalue weighted by molar-refractivity contribution is 5.91. The van der Waals surface area contributed by atoms with Crippen molar-refractivity contribution in [2.45, 2.75) is 25.2 Å². The number of phenolic OH excluding ortho intramolecular Hbond substituents is 1. The van der Waals surface area contributed by atoms with Gasteiger partial charge in [-0.2, -0.15) is 0 Å². The summed E-state index contributed by atoms with van der Waals surface area (Å²) < 4.78 is 24.7. The summed E-state index contributed by atoms with van der Waals surface area (Å²) in [6, 6.07) is 18.5. The molecule has 7 heteroatoms. The van der Waals surface area contributed by atoms with Crippen LogP contribution in [-0.4, -0.2) is 35.1 Å². The molecule has 1 saturated heterocycles. The van der Waals surface area contributed by atoms with Crippen LogP contribution in [0.2, 0.25) is 0 Å². The highest BCUT2D eigenvalue weighted by Crippen LogP contribution is 2.39. The van der Waals surface area contributed by atoms with E-state index in [0.717, 1.165) is 5.56 Å². The first-order valence-corrected chi connectivity index (χ1v) is 9.85. The number of carbonyl (C=O) groups is 1. The van der Waals surface area contributed by atoms with Gasteiger partial charge in [0, 0.05) is 5.69 Å². The van der Waals surface area contributed by atoms with Crippen molar-refractivity contribution in [2.24, 2.45) is 0 Å². The largest absolute Gasteiger partial charge is 0.508 e. The smallest absolute Gasteiger partial charge is 0.415 e. The second-order valence-corrected chi connectivity index (χ2v) is 7.38. The van der Waals surface area contributed by atoms with Gasteiger partial charge in [0.2, 0.25) is 0 Å². The Bertz CT molecular complexity index is 1050. The van der Waals surface area contributed by atoms with Crippen molar-refractivity contribution in [3.8, 4) is 11.5 Å². The van der Waals surface area contributed by atoms with Crippen LogP contribution in [0.3, 0.4) is 0 Å². The SMILES string of the molecule is Cc1ccccc1OCC(O)C1OC(=O)N(c2ccc(F)cc2)[C@@H]1c1ccc(O)cc1. The van der Waals surface area contributed by atoms with Crippen LogP contribution in [0.15, 0.2) is 72.8 Å². The Balaban J connectivity index is 1.63. The standard InChI is InChI=1S/C24H22FNO5/c1-15-4-2-3-5-21(15)30-14-20(28)23-22(16-6-12-19(27)13-7-16)26(24(29)31-23)18-10-8-17(25)9-11-18/h2-13,20,22-23,27-28H,14H2,1H3/t20?,22-,23?/m1/s1. The van der Waals surface area contributed by atoms with Crippen molar-refractivity contribution in [1.82, 2.24) is 0 Å². The van der Waals surface area contributed by atoms with E-state index in [9.17, 15) is 19.4 Å². The van der Waals surface area contributed by atoms with Crippen LogP contribution in [-0.2, 0) is 4.74 Å².